The first kappa shape index (κ1) is 11.7. The fourth-order valence-electron chi connectivity index (χ4n) is 2.08. The maximum absolute atomic E-state index is 13.1. The van der Waals surface area contributed by atoms with Crippen LogP contribution in [0, 0.1) is 12.7 Å². The van der Waals surface area contributed by atoms with E-state index in [-0.39, 0.29) is 5.82 Å². The molecule has 0 bridgehead atoms. The minimum Gasteiger partial charge on any atom is -0.379 e. The number of aryl methyl sites for hydroxylation is 1. The molecule has 3 rings (SSSR count). The second kappa shape index (κ2) is 4.72. The summed E-state index contributed by atoms with van der Waals surface area (Å²) < 4.78 is 15.1. The van der Waals surface area contributed by atoms with Crippen molar-refractivity contribution in [2.24, 2.45) is 0 Å². The standard InChI is InChI=1S/C15H14FN3/c1-11-4-3-7-19-10-14(18-15(11)19)9-17-13-6-2-5-12(16)8-13/h2-8,10,17H,9H2,1H3. The van der Waals surface area contributed by atoms with Gasteiger partial charge in [0, 0.05) is 18.1 Å². The van der Waals surface area contributed by atoms with E-state index < -0.39 is 0 Å². The number of imidazole rings is 1. The zero-order valence-electron chi connectivity index (χ0n) is 10.6. The van der Waals surface area contributed by atoms with E-state index in [2.05, 4.69) is 10.3 Å². The molecule has 3 nitrogen and oxygen atoms in total. The molecule has 1 aromatic carbocycles. The molecule has 0 aliphatic heterocycles. The van der Waals surface area contributed by atoms with Gasteiger partial charge in [0.2, 0.25) is 0 Å². The molecule has 0 radical (unpaired) electrons. The predicted molar refractivity (Wildman–Crippen MR) is 73.7 cm³/mol. The van der Waals surface area contributed by atoms with Crippen molar-refractivity contribution in [2.75, 3.05) is 5.32 Å². The summed E-state index contributed by atoms with van der Waals surface area (Å²) in [5.41, 5.74) is 3.78. The molecule has 3 aromatic rings. The Morgan fingerprint density at radius 1 is 1.26 bits per heavy atom. The molecule has 0 unspecified atom stereocenters. The van der Waals surface area contributed by atoms with Gasteiger partial charge in [-0.25, -0.2) is 9.37 Å². The lowest BCUT2D eigenvalue weighted by Gasteiger charge is -2.03. The van der Waals surface area contributed by atoms with Crippen LogP contribution in [-0.4, -0.2) is 9.38 Å². The zero-order chi connectivity index (χ0) is 13.2. The number of fused-ring (bicyclic) bond motifs is 1. The van der Waals surface area contributed by atoms with Gasteiger partial charge in [-0.05, 0) is 36.8 Å². The molecule has 0 fully saturated rings. The number of hydrogen-bond acceptors (Lipinski definition) is 2. The molecule has 2 heterocycles. The lowest BCUT2D eigenvalue weighted by atomic mass is 10.3. The summed E-state index contributed by atoms with van der Waals surface area (Å²) in [7, 11) is 0. The molecule has 0 saturated heterocycles. The number of benzene rings is 1. The molecule has 0 atom stereocenters. The van der Waals surface area contributed by atoms with Crippen molar-refractivity contribution in [1.82, 2.24) is 9.38 Å². The molecule has 0 saturated carbocycles. The number of aromatic nitrogens is 2. The molecule has 0 aliphatic rings. The smallest absolute Gasteiger partial charge is 0.140 e. The van der Waals surface area contributed by atoms with E-state index in [4.69, 9.17) is 0 Å². The van der Waals surface area contributed by atoms with Crippen molar-refractivity contribution in [3.8, 4) is 0 Å². The fourth-order valence-corrected chi connectivity index (χ4v) is 2.08. The lowest BCUT2D eigenvalue weighted by molar-refractivity contribution is 0.628. The molecule has 2 aromatic heterocycles. The third-order valence-corrected chi connectivity index (χ3v) is 3.03. The van der Waals surface area contributed by atoms with Gasteiger partial charge < -0.3 is 9.72 Å². The highest BCUT2D eigenvalue weighted by Crippen LogP contribution is 2.13. The summed E-state index contributed by atoms with van der Waals surface area (Å²) in [6.07, 6.45) is 3.95. The molecule has 4 heteroatoms. The SMILES string of the molecule is Cc1cccn2cc(CNc3cccc(F)c3)nc12. The zero-order valence-corrected chi connectivity index (χ0v) is 10.6. The summed E-state index contributed by atoms with van der Waals surface area (Å²) in [4.78, 5) is 4.56. The van der Waals surface area contributed by atoms with Gasteiger partial charge in [0.15, 0.2) is 0 Å². The first-order valence-corrected chi connectivity index (χ1v) is 6.15. The summed E-state index contributed by atoms with van der Waals surface area (Å²) >= 11 is 0. The normalized spacial score (nSPS) is 10.8. The number of hydrogen-bond donors (Lipinski definition) is 1. The van der Waals surface area contributed by atoms with E-state index in [1.807, 2.05) is 41.9 Å². The Bertz CT molecular complexity index is 718. The van der Waals surface area contributed by atoms with Crippen LogP contribution in [0.3, 0.4) is 0 Å². The first-order chi connectivity index (χ1) is 9.22. The molecular weight excluding hydrogens is 241 g/mol. The Kier molecular flexibility index (Phi) is 2.91. The quantitative estimate of drug-likeness (QED) is 0.777. The highest BCUT2D eigenvalue weighted by atomic mass is 19.1. The molecule has 0 amide bonds. The monoisotopic (exact) mass is 255 g/mol. The maximum Gasteiger partial charge on any atom is 0.140 e. The van der Waals surface area contributed by atoms with Crippen molar-refractivity contribution >= 4 is 11.3 Å². The van der Waals surface area contributed by atoms with Crippen molar-refractivity contribution in [3.05, 3.63) is 65.9 Å². The van der Waals surface area contributed by atoms with E-state index >= 15 is 0 Å². The Labute approximate surface area is 110 Å². The summed E-state index contributed by atoms with van der Waals surface area (Å²) in [5.74, 6) is -0.240. The molecule has 0 aliphatic carbocycles. The van der Waals surface area contributed by atoms with Gasteiger partial charge in [-0.3, -0.25) is 0 Å². The van der Waals surface area contributed by atoms with Crippen molar-refractivity contribution in [3.63, 3.8) is 0 Å². The van der Waals surface area contributed by atoms with Crippen LogP contribution in [0.4, 0.5) is 10.1 Å². The van der Waals surface area contributed by atoms with E-state index in [0.717, 1.165) is 22.6 Å². The number of rotatable bonds is 3. The second-order valence-corrected chi connectivity index (χ2v) is 4.52. The number of pyridine rings is 1. The highest BCUT2D eigenvalue weighted by molar-refractivity contribution is 5.49. The van der Waals surface area contributed by atoms with Gasteiger partial charge in [-0.1, -0.05) is 12.1 Å². The molecular formula is C15H14FN3. The van der Waals surface area contributed by atoms with Crippen LogP contribution < -0.4 is 5.32 Å². The van der Waals surface area contributed by atoms with Crippen LogP contribution in [-0.2, 0) is 6.54 Å². The average molecular weight is 255 g/mol. The summed E-state index contributed by atoms with van der Waals surface area (Å²) in [6, 6.07) is 10.5. The number of anilines is 1. The van der Waals surface area contributed by atoms with Crippen LogP contribution >= 0.6 is 0 Å². The van der Waals surface area contributed by atoms with Crippen molar-refractivity contribution < 1.29 is 4.39 Å². The number of halogens is 1. The van der Waals surface area contributed by atoms with Gasteiger partial charge >= 0.3 is 0 Å². The third kappa shape index (κ3) is 2.42. The maximum atomic E-state index is 13.1. The molecule has 96 valence electrons. The van der Waals surface area contributed by atoms with Crippen molar-refractivity contribution in [1.29, 1.82) is 0 Å². The van der Waals surface area contributed by atoms with Gasteiger partial charge in [-0.2, -0.15) is 0 Å². The Balaban J connectivity index is 1.80. The Hall–Kier alpha value is -2.36. The third-order valence-electron chi connectivity index (χ3n) is 3.03. The van der Waals surface area contributed by atoms with Crippen LogP contribution in [0.25, 0.3) is 5.65 Å². The second-order valence-electron chi connectivity index (χ2n) is 4.52. The van der Waals surface area contributed by atoms with E-state index in [1.165, 1.54) is 12.1 Å². The number of nitrogens with zero attached hydrogens (tertiary/aromatic N) is 2. The van der Waals surface area contributed by atoms with Crippen LogP contribution in [0.15, 0.2) is 48.8 Å². The van der Waals surface area contributed by atoms with E-state index in [0.29, 0.717) is 6.54 Å². The number of nitrogens with one attached hydrogen (secondary N) is 1. The predicted octanol–water partition coefficient (Wildman–Crippen LogP) is 3.39. The first-order valence-electron chi connectivity index (χ1n) is 6.15. The van der Waals surface area contributed by atoms with E-state index in [1.54, 1.807) is 6.07 Å². The Morgan fingerprint density at radius 2 is 2.16 bits per heavy atom. The largest absolute Gasteiger partial charge is 0.379 e. The van der Waals surface area contributed by atoms with Gasteiger partial charge in [0.1, 0.15) is 11.5 Å². The van der Waals surface area contributed by atoms with Crippen LogP contribution in [0.2, 0.25) is 0 Å². The van der Waals surface area contributed by atoms with Gasteiger partial charge in [0.05, 0.1) is 12.2 Å². The topological polar surface area (TPSA) is 29.3 Å². The van der Waals surface area contributed by atoms with Gasteiger partial charge in [-0.15, -0.1) is 0 Å². The Morgan fingerprint density at radius 3 is 2.95 bits per heavy atom. The van der Waals surface area contributed by atoms with Crippen LogP contribution in [0.5, 0.6) is 0 Å². The lowest BCUT2D eigenvalue weighted by Crippen LogP contribution is -1.99. The fraction of sp³-hybridized carbons (Fsp3) is 0.133. The highest BCUT2D eigenvalue weighted by Gasteiger charge is 2.03. The van der Waals surface area contributed by atoms with Crippen LogP contribution in [0.1, 0.15) is 11.3 Å². The minimum atomic E-state index is -0.240. The van der Waals surface area contributed by atoms with Gasteiger partial charge in [0.25, 0.3) is 0 Å². The molecule has 0 spiro atoms. The van der Waals surface area contributed by atoms with E-state index in [9.17, 15) is 4.39 Å². The molecule has 19 heavy (non-hydrogen) atoms. The minimum absolute atomic E-state index is 0.240. The average Bonchev–Trinajstić information content (AvgIpc) is 2.81. The summed E-state index contributed by atoms with van der Waals surface area (Å²) in [5, 5.41) is 3.17. The van der Waals surface area contributed by atoms with Crippen molar-refractivity contribution in [2.45, 2.75) is 13.5 Å². The molecule has 1 N–H and O–H groups in total. The summed E-state index contributed by atoms with van der Waals surface area (Å²) in [6.45, 7) is 2.61.